The van der Waals surface area contributed by atoms with Gasteiger partial charge in [-0.2, -0.15) is 0 Å². The van der Waals surface area contributed by atoms with Gasteiger partial charge in [-0.05, 0) is 67.3 Å². The van der Waals surface area contributed by atoms with Crippen molar-refractivity contribution in [2.45, 2.75) is 75.9 Å². The number of rotatable bonds is 15. The Balaban J connectivity index is 1.45. The number of anilines is 1. The van der Waals surface area contributed by atoms with Crippen LogP contribution in [0.4, 0.5) is 5.69 Å². The fourth-order valence-electron chi connectivity index (χ4n) is 8.35. The molecule has 282 valence electrons. The molecule has 0 unspecified atom stereocenters. The lowest BCUT2D eigenvalue weighted by Gasteiger charge is -2.37. The SMILES string of the molecule is COC(=O)CCCCN1C(=O)[C@@]2(O[C@@H](CCn3cc(CCO)nn3)[C@H]([Si](C)(C)c3ccc(OC)cc3)[C@H]2C)c2cc(-n3cccc(OC)c3=O)ccc21. The maximum absolute atomic E-state index is 15.2. The minimum Gasteiger partial charge on any atom is -0.497 e. The number of aliphatic hydroxyl groups is 1. The predicted octanol–water partition coefficient (Wildman–Crippen LogP) is 3.98. The third-order valence-corrected chi connectivity index (χ3v) is 15.4. The minimum atomic E-state index is -2.42. The first-order valence-corrected chi connectivity index (χ1v) is 21.2. The molecule has 2 aromatic carbocycles. The van der Waals surface area contributed by atoms with Crippen molar-refractivity contribution in [3.8, 4) is 17.2 Å². The van der Waals surface area contributed by atoms with E-state index in [0.717, 1.165) is 11.4 Å². The van der Waals surface area contributed by atoms with Gasteiger partial charge in [0.05, 0.1) is 46.9 Å². The minimum absolute atomic E-state index is 0.0151. The number of carbonyl (C=O) groups excluding carboxylic acids is 2. The lowest BCUT2D eigenvalue weighted by atomic mass is 9.82. The van der Waals surface area contributed by atoms with Gasteiger partial charge < -0.3 is 29.0 Å². The van der Waals surface area contributed by atoms with Crippen LogP contribution in [-0.2, 0) is 37.6 Å². The molecule has 2 aromatic heterocycles. The molecule has 4 aromatic rings. The molecule has 0 saturated carbocycles. The molecule has 1 fully saturated rings. The zero-order valence-electron chi connectivity index (χ0n) is 31.3. The highest BCUT2D eigenvalue weighted by Gasteiger charge is 2.66. The van der Waals surface area contributed by atoms with E-state index in [1.165, 1.54) is 24.0 Å². The third kappa shape index (κ3) is 7.02. The number of pyridine rings is 1. The molecule has 1 saturated heterocycles. The molecule has 6 rings (SSSR count). The highest BCUT2D eigenvalue weighted by atomic mass is 28.3. The van der Waals surface area contributed by atoms with Crippen molar-refractivity contribution in [1.29, 1.82) is 0 Å². The molecular formula is C39H49N5O8Si. The summed E-state index contributed by atoms with van der Waals surface area (Å²) in [5, 5.41) is 19.2. The first-order valence-electron chi connectivity index (χ1n) is 18.1. The summed E-state index contributed by atoms with van der Waals surface area (Å²) in [5.41, 5.74) is 1.07. The molecule has 0 bridgehead atoms. The summed E-state index contributed by atoms with van der Waals surface area (Å²) in [6.07, 6.45) is 5.59. The van der Waals surface area contributed by atoms with Gasteiger partial charge >= 0.3 is 5.97 Å². The lowest BCUT2D eigenvalue weighted by Crippen LogP contribution is -2.52. The van der Waals surface area contributed by atoms with Crippen LogP contribution in [0.25, 0.3) is 5.69 Å². The van der Waals surface area contributed by atoms with Gasteiger partial charge in [-0.25, -0.2) is 0 Å². The van der Waals surface area contributed by atoms with Crippen LogP contribution in [-0.4, -0.2) is 85.2 Å². The normalized spacial score (nSPS) is 20.9. The molecule has 2 aliphatic rings. The number of fused-ring (bicyclic) bond motifs is 2. The standard InChI is InChI=1S/C39H49N5O8Si/c1-26-36(53(5,6)30-15-13-29(49-2)14-16-30)33(18-22-42-25-27(19-23-45)40-41-42)52-39(26)31-24-28(43-21-9-10-34(50-3)37(43)47)12-17-32(31)44(38(39)48)20-8-7-11-35(46)51-4/h9-10,12-17,21,24-26,33,36,45H,7-8,11,18-20,22-23H2,1-6H3/t26-,33+,36-,39+/m1/s1. The average Bonchev–Trinajstić information content (AvgIpc) is 3.81. The van der Waals surface area contributed by atoms with Gasteiger partial charge in [-0.15, -0.1) is 5.10 Å². The number of amides is 1. The van der Waals surface area contributed by atoms with E-state index in [9.17, 15) is 14.7 Å². The molecule has 14 heteroatoms. The van der Waals surface area contributed by atoms with Crippen LogP contribution in [0.15, 0.2) is 71.8 Å². The van der Waals surface area contributed by atoms with Crippen molar-refractivity contribution in [2.75, 3.05) is 39.4 Å². The van der Waals surface area contributed by atoms with Crippen LogP contribution in [0, 0.1) is 5.92 Å². The monoisotopic (exact) mass is 743 g/mol. The van der Waals surface area contributed by atoms with Crippen LogP contribution in [0.1, 0.15) is 43.9 Å². The summed E-state index contributed by atoms with van der Waals surface area (Å²) in [6.45, 7) is 7.67. The van der Waals surface area contributed by atoms with Crippen LogP contribution in [0.3, 0.4) is 0 Å². The van der Waals surface area contributed by atoms with E-state index in [2.05, 4.69) is 42.5 Å². The molecule has 0 radical (unpaired) electrons. The smallest absolute Gasteiger partial charge is 0.305 e. The van der Waals surface area contributed by atoms with Gasteiger partial charge in [0, 0.05) is 62.1 Å². The number of hydrogen-bond donors (Lipinski definition) is 1. The van der Waals surface area contributed by atoms with E-state index >= 15 is 4.79 Å². The van der Waals surface area contributed by atoms with Crippen LogP contribution >= 0.6 is 0 Å². The first kappa shape index (κ1) is 37.9. The van der Waals surface area contributed by atoms with Crippen LogP contribution < -0.4 is 25.1 Å². The predicted molar refractivity (Wildman–Crippen MR) is 202 cm³/mol. The molecule has 53 heavy (non-hydrogen) atoms. The summed E-state index contributed by atoms with van der Waals surface area (Å²) in [5.74, 6) is 0.282. The third-order valence-electron chi connectivity index (χ3n) is 11.1. The van der Waals surface area contributed by atoms with Gasteiger partial charge in [-0.3, -0.25) is 23.6 Å². The molecule has 2 aliphatic heterocycles. The second-order valence-corrected chi connectivity index (χ2v) is 19.0. The largest absolute Gasteiger partial charge is 0.497 e. The molecule has 1 amide bonds. The maximum Gasteiger partial charge on any atom is 0.305 e. The van der Waals surface area contributed by atoms with E-state index in [1.807, 2.05) is 36.5 Å². The van der Waals surface area contributed by atoms with Gasteiger partial charge in [0.25, 0.3) is 11.5 Å². The van der Waals surface area contributed by atoms with Gasteiger partial charge in [0.2, 0.25) is 0 Å². The molecule has 1 spiro atoms. The summed E-state index contributed by atoms with van der Waals surface area (Å²) >= 11 is 0. The average molecular weight is 744 g/mol. The molecule has 13 nitrogen and oxygen atoms in total. The molecule has 0 aliphatic carbocycles. The first-order chi connectivity index (χ1) is 25.5. The number of aliphatic hydroxyl groups excluding tert-OH is 1. The Kier molecular flexibility index (Phi) is 11.2. The zero-order chi connectivity index (χ0) is 37.9. The van der Waals surface area contributed by atoms with Crippen molar-refractivity contribution in [2.24, 2.45) is 5.92 Å². The Morgan fingerprint density at radius 3 is 2.49 bits per heavy atom. The van der Waals surface area contributed by atoms with Crippen molar-refractivity contribution in [3.63, 3.8) is 0 Å². The number of aryl methyl sites for hydroxylation is 1. The fourth-order valence-corrected chi connectivity index (χ4v) is 12.4. The Morgan fingerprint density at radius 2 is 1.79 bits per heavy atom. The number of ether oxygens (including phenoxy) is 4. The number of aromatic nitrogens is 4. The van der Waals surface area contributed by atoms with E-state index in [0.29, 0.717) is 55.7 Å². The Labute approximate surface area is 310 Å². The zero-order valence-corrected chi connectivity index (χ0v) is 32.3. The van der Waals surface area contributed by atoms with Gasteiger partial charge in [-0.1, -0.05) is 42.6 Å². The molecular weight excluding hydrogens is 695 g/mol. The summed E-state index contributed by atoms with van der Waals surface area (Å²) in [4.78, 5) is 42.3. The number of hydrogen-bond acceptors (Lipinski definition) is 10. The summed E-state index contributed by atoms with van der Waals surface area (Å²) in [6, 6.07) is 17.3. The van der Waals surface area contributed by atoms with Crippen LogP contribution in [0.5, 0.6) is 11.5 Å². The Hall–Kier alpha value is -4.79. The lowest BCUT2D eigenvalue weighted by molar-refractivity contribution is -0.146. The Bertz CT molecular complexity index is 2000. The van der Waals surface area contributed by atoms with Gasteiger partial charge in [0.15, 0.2) is 11.4 Å². The van der Waals surface area contributed by atoms with E-state index in [1.54, 1.807) is 35.0 Å². The molecule has 4 heterocycles. The second-order valence-electron chi connectivity index (χ2n) is 14.3. The van der Waals surface area contributed by atoms with Crippen molar-refractivity contribution >= 4 is 30.8 Å². The van der Waals surface area contributed by atoms with Crippen molar-refractivity contribution in [1.82, 2.24) is 19.6 Å². The topological polar surface area (TPSA) is 147 Å². The molecule has 4 atom stereocenters. The van der Waals surface area contributed by atoms with E-state index in [-0.39, 0.29) is 53.8 Å². The number of benzene rings is 2. The van der Waals surface area contributed by atoms with Crippen molar-refractivity contribution < 1.29 is 33.6 Å². The van der Waals surface area contributed by atoms with Crippen molar-refractivity contribution in [3.05, 3.63) is 88.6 Å². The number of esters is 1. The highest BCUT2D eigenvalue weighted by Crippen LogP contribution is 2.60. The van der Waals surface area contributed by atoms with Crippen LogP contribution in [0.2, 0.25) is 18.6 Å². The summed E-state index contributed by atoms with van der Waals surface area (Å²) in [7, 11) is 2.07. The fraction of sp³-hybridized carbons (Fsp3) is 0.462. The molecule has 1 N–H and O–H groups in total. The summed E-state index contributed by atoms with van der Waals surface area (Å²) < 4.78 is 26.3. The van der Waals surface area contributed by atoms with Gasteiger partial charge in [0.1, 0.15) is 5.75 Å². The highest BCUT2D eigenvalue weighted by molar-refractivity contribution is 6.91. The number of methoxy groups -OCH3 is 3. The maximum atomic E-state index is 15.2. The van der Waals surface area contributed by atoms with E-state index < -0.39 is 13.7 Å². The quantitative estimate of drug-likeness (QED) is 0.108. The number of unbranched alkanes of at least 4 members (excludes halogenated alkanes) is 1. The number of nitrogens with zero attached hydrogens (tertiary/aromatic N) is 5. The van der Waals surface area contributed by atoms with E-state index in [4.69, 9.17) is 18.9 Å². The Morgan fingerprint density at radius 1 is 1.02 bits per heavy atom. The number of carbonyl (C=O) groups is 2. The second kappa shape index (κ2) is 15.7.